The molecule has 1 radical (unpaired) electrons. The molecule has 0 aliphatic rings. The zero-order valence-corrected chi connectivity index (χ0v) is 12.4. The minimum atomic E-state index is 0.560. The minimum absolute atomic E-state index is 0.560. The van der Waals surface area contributed by atoms with Crippen LogP contribution < -0.4 is 5.73 Å². The minimum Gasteiger partial charge on any atom is -0.370 e. The van der Waals surface area contributed by atoms with Crippen LogP contribution in [0.15, 0.2) is 65.7 Å². The van der Waals surface area contributed by atoms with E-state index in [1.807, 2.05) is 41.3 Å². The summed E-state index contributed by atoms with van der Waals surface area (Å²) in [5.41, 5.74) is 8.53. The number of rotatable bonds is 6. The highest BCUT2D eigenvalue weighted by atomic mass is 15.2. The molecule has 0 heterocycles. The van der Waals surface area contributed by atoms with Gasteiger partial charge in [-0.1, -0.05) is 67.6 Å². The molecule has 21 heavy (non-hydrogen) atoms. The van der Waals surface area contributed by atoms with Gasteiger partial charge >= 0.3 is 0 Å². The molecule has 0 fully saturated rings. The van der Waals surface area contributed by atoms with Gasteiger partial charge in [-0.2, -0.15) is 0 Å². The van der Waals surface area contributed by atoms with Gasteiger partial charge in [-0.15, -0.1) is 0 Å². The van der Waals surface area contributed by atoms with Gasteiger partial charge < -0.3 is 10.6 Å². The van der Waals surface area contributed by atoms with Gasteiger partial charge in [-0.3, -0.25) is 0 Å². The van der Waals surface area contributed by atoms with Crippen LogP contribution in [0.1, 0.15) is 24.5 Å². The Hall–Kier alpha value is -2.29. The highest BCUT2D eigenvalue weighted by Gasteiger charge is 2.08. The smallest absolute Gasteiger partial charge is 0.192 e. The maximum absolute atomic E-state index is 6.14. The number of nitrogens with two attached hydrogens (primary N) is 1. The molecule has 0 spiro atoms. The van der Waals surface area contributed by atoms with Crippen LogP contribution in [0.3, 0.4) is 0 Å². The van der Waals surface area contributed by atoms with Crippen LogP contribution >= 0.6 is 0 Å². The van der Waals surface area contributed by atoms with Gasteiger partial charge in [0.05, 0.1) is 13.1 Å². The van der Waals surface area contributed by atoms with E-state index in [-0.39, 0.29) is 0 Å². The molecule has 109 valence electrons. The summed E-state index contributed by atoms with van der Waals surface area (Å²) in [6, 6.07) is 20.4. The van der Waals surface area contributed by atoms with Gasteiger partial charge in [0.2, 0.25) is 0 Å². The van der Waals surface area contributed by atoms with E-state index in [4.69, 9.17) is 5.73 Å². The third-order valence-corrected chi connectivity index (χ3v) is 3.16. The molecule has 0 saturated carbocycles. The van der Waals surface area contributed by atoms with Gasteiger partial charge in [-0.05, 0) is 17.5 Å². The van der Waals surface area contributed by atoms with Crippen molar-refractivity contribution in [2.45, 2.75) is 26.4 Å². The fraction of sp³-hybridized carbons (Fsp3) is 0.222. The Balaban J connectivity index is 2.02. The summed E-state index contributed by atoms with van der Waals surface area (Å²) in [7, 11) is 0. The first-order valence-corrected chi connectivity index (χ1v) is 7.27. The van der Waals surface area contributed by atoms with Crippen LogP contribution in [0, 0.1) is 6.54 Å². The predicted octanol–water partition coefficient (Wildman–Crippen LogP) is 3.58. The first-order chi connectivity index (χ1) is 10.3. The van der Waals surface area contributed by atoms with Crippen molar-refractivity contribution in [1.82, 2.24) is 4.90 Å². The number of nitrogens with zero attached hydrogens (tertiary/aromatic N) is 2. The molecule has 0 atom stereocenters. The van der Waals surface area contributed by atoms with Crippen molar-refractivity contribution in [3.05, 3.63) is 78.3 Å². The Morgan fingerprint density at radius 3 is 2.14 bits per heavy atom. The molecule has 0 saturated heterocycles. The number of guanidine groups is 1. The number of aliphatic imine (C=N–C) groups is 1. The van der Waals surface area contributed by atoms with E-state index in [9.17, 15) is 0 Å². The Labute approximate surface area is 127 Å². The standard InChI is InChI=1S/C18H22N3/c1-2-13-21(15-17-11-7-4-8-12-17)18(19)20-14-16-9-5-3-6-10-16/h3-13H,2,14-15H2,1H3,(H2,19,20). The average Bonchev–Trinajstić information content (AvgIpc) is 2.54. The van der Waals surface area contributed by atoms with Crippen LogP contribution in [0.4, 0.5) is 0 Å². The molecule has 2 N–H and O–H groups in total. The van der Waals surface area contributed by atoms with Crippen molar-refractivity contribution in [3.63, 3.8) is 0 Å². The van der Waals surface area contributed by atoms with E-state index in [0.717, 1.165) is 18.5 Å². The highest BCUT2D eigenvalue weighted by molar-refractivity contribution is 5.78. The van der Waals surface area contributed by atoms with Crippen LogP contribution in [-0.4, -0.2) is 10.9 Å². The van der Waals surface area contributed by atoms with Crippen molar-refractivity contribution in [2.24, 2.45) is 10.7 Å². The largest absolute Gasteiger partial charge is 0.370 e. The predicted molar refractivity (Wildman–Crippen MR) is 88.3 cm³/mol. The summed E-state index contributed by atoms with van der Waals surface area (Å²) in [5.74, 6) is 0.560. The summed E-state index contributed by atoms with van der Waals surface area (Å²) in [4.78, 5) is 6.51. The molecule has 0 aromatic heterocycles. The fourth-order valence-corrected chi connectivity index (χ4v) is 2.09. The lowest BCUT2D eigenvalue weighted by Gasteiger charge is -2.22. The first kappa shape index (κ1) is 15.1. The summed E-state index contributed by atoms with van der Waals surface area (Å²) in [6.07, 6.45) is 0.925. The zero-order chi connectivity index (χ0) is 14.9. The van der Waals surface area contributed by atoms with E-state index < -0.39 is 0 Å². The maximum Gasteiger partial charge on any atom is 0.192 e. The summed E-state index contributed by atoms with van der Waals surface area (Å²) < 4.78 is 0. The number of hydrogen-bond acceptors (Lipinski definition) is 1. The van der Waals surface area contributed by atoms with E-state index in [0.29, 0.717) is 12.5 Å². The topological polar surface area (TPSA) is 41.6 Å². The average molecular weight is 280 g/mol. The molecule has 2 aromatic carbocycles. The third-order valence-electron chi connectivity index (χ3n) is 3.16. The fourth-order valence-electron chi connectivity index (χ4n) is 2.09. The van der Waals surface area contributed by atoms with Crippen molar-refractivity contribution in [3.8, 4) is 0 Å². The van der Waals surface area contributed by atoms with Gasteiger partial charge in [0.1, 0.15) is 0 Å². The molecule has 3 nitrogen and oxygen atoms in total. The summed E-state index contributed by atoms with van der Waals surface area (Å²) >= 11 is 0. The van der Waals surface area contributed by atoms with Gasteiger partial charge in [0.15, 0.2) is 5.96 Å². The summed E-state index contributed by atoms with van der Waals surface area (Å²) in [5, 5.41) is 0. The van der Waals surface area contributed by atoms with Gasteiger partial charge in [-0.25, -0.2) is 4.99 Å². The quantitative estimate of drug-likeness (QED) is 0.649. The van der Waals surface area contributed by atoms with Crippen LogP contribution in [0.25, 0.3) is 0 Å². The second-order valence-electron chi connectivity index (χ2n) is 4.86. The number of benzene rings is 2. The second kappa shape index (κ2) is 8.10. The lowest BCUT2D eigenvalue weighted by atomic mass is 10.2. The SMILES string of the molecule is CC[CH]N(Cc1ccccc1)/C(N)=N/Cc1ccccc1. The lowest BCUT2D eigenvalue weighted by molar-refractivity contribution is 0.473. The normalized spacial score (nSPS) is 11.4. The molecule has 0 amide bonds. The van der Waals surface area contributed by atoms with E-state index in [1.54, 1.807) is 0 Å². The van der Waals surface area contributed by atoms with E-state index in [1.165, 1.54) is 5.56 Å². The Bertz CT molecular complexity index is 549. The van der Waals surface area contributed by atoms with Crippen molar-refractivity contribution in [2.75, 3.05) is 0 Å². The van der Waals surface area contributed by atoms with Crippen LogP contribution in [0.5, 0.6) is 0 Å². The zero-order valence-electron chi connectivity index (χ0n) is 12.4. The van der Waals surface area contributed by atoms with Crippen LogP contribution in [0.2, 0.25) is 0 Å². The molecular formula is C18H22N3. The van der Waals surface area contributed by atoms with E-state index >= 15 is 0 Å². The van der Waals surface area contributed by atoms with Crippen LogP contribution in [-0.2, 0) is 13.1 Å². The lowest BCUT2D eigenvalue weighted by Crippen LogP contribution is -2.34. The molecule has 3 heteroatoms. The van der Waals surface area contributed by atoms with E-state index in [2.05, 4.69) is 42.7 Å². The monoisotopic (exact) mass is 280 g/mol. The van der Waals surface area contributed by atoms with Gasteiger partial charge in [0, 0.05) is 6.54 Å². The highest BCUT2D eigenvalue weighted by Crippen LogP contribution is 2.08. The molecule has 0 unspecified atom stereocenters. The molecule has 2 rings (SSSR count). The molecule has 0 bridgehead atoms. The Morgan fingerprint density at radius 2 is 1.57 bits per heavy atom. The first-order valence-electron chi connectivity index (χ1n) is 7.27. The number of hydrogen-bond donors (Lipinski definition) is 1. The van der Waals surface area contributed by atoms with Crippen molar-refractivity contribution >= 4 is 5.96 Å². The van der Waals surface area contributed by atoms with Gasteiger partial charge in [0.25, 0.3) is 0 Å². The van der Waals surface area contributed by atoms with Crippen molar-refractivity contribution in [1.29, 1.82) is 0 Å². The molecule has 0 aliphatic carbocycles. The Morgan fingerprint density at radius 1 is 1.00 bits per heavy atom. The van der Waals surface area contributed by atoms with Crippen molar-refractivity contribution < 1.29 is 0 Å². The third kappa shape index (κ3) is 4.95. The second-order valence-corrected chi connectivity index (χ2v) is 4.86. The molecular weight excluding hydrogens is 258 g/mol. The maximum atomic E-state index is 6.14. The Kier molecular flexibility index (Phi) is 5.83. The summed E-state index contributed by atoms with van der Waals surface area (Å²) in [6.45, 7) is 5.54. The molecule has 2 aromatic rings. The molecule has 0 aliphatic heterocycles.